The lowest BCUT2D eigenvalue weighted by Gasteiger charge is -2.12. The number of carbonyl (C=O) groups is 2. The highest BCUT2D eigenvalue weighted by Crippen LogP contribution is 2.42. The summed E-state index contributed by atoms with van der Waals surface area (Å²) in [6.45, 7) is 1.99. The maximum atomic E-state index is 12.7. The fraction of sp³-hybridized carbons (Fsp3) is 0.233. The van der Waals surface area contributed by atoms with E-state index in [1.807, 2.05) is 56.4 Å². The van der Waals surface area contributed by atoms with E-state index in [-0.39, 0.29) is 17.5 Å². The van der Waals surface area contributed by atoms with Crippen molar-refractivity contribution in [3.05, 3.63) is 72.7 Å². The number of carbonyl (C=O) groups excluding carboxylic acids is 2. The van der Waals surface area contributed by atoms with Gasteiger partial charge in [0, 0.05) is 41.9 Å². The maximum Gasteiger partial charge on any atom is 0.446 e. The summed E-state index contributed by atoms with van der Waals surface area (Å²) in [4.78, 5) is 24.4. The molecule has 1 heterocycles. The lowest BCUT2D eigenvalue weighted by atomic mass is 10.2. The van der Waals surface area contributed by atoms with Crippen molar-refractivity contribution in [2.75, 3.05) is 31.9 Å². The van der Waals surface area contributed by atoms with Crippen molar-refractivity contribution in [3.8, 4) is 28.7 Å². The van der Waals surface area contributed by atoms with Gasteiger partial charge in [0.1, 0.15) is 23.6 Å². The number of nitrogens with zero attached hydrogens (tertiary/aromatic N) is 1. The molecular formula is C30H32FN3O9S. The van der Waals surface area contributed by atoms with Crippen molar-refractivity contribution in [2.24, 2.45) is 5.41 Å². The molecule has 234 valence electrons. The first-order chi connectivity index (χ1) is 20.9. The molecule has 3 N–H and O–H groups in total. The monoisotopic (exact) mass is 629 g/mol. The van der Waals surface area contributed by atoms with Crippen molar-refractivity contribution in [2.45, 2.75) is 19.8 Å². The molecule has 5 rings (SSSR count). The van der Waals surface area contributed by atoms with Crippen LogP contribution in [0.4, 0.5) is 15.8 Å². The second-order valence-corrected chi connectivity index (χ2v) is 10.6. The quantitative estimate of drug-likeness (QED) is 0.147. The molecule has 1 saturated carbocycles. The third-order valence-electron chi connectivity index (χ3n) is 6.25. The van der Waals surface area contributed by atoms with Crippen molar-refractivity contribution >= 4 is 45.4 Å². The summed E-state index contributed by atoms with van der Waals surface area (Å²) in [6, 6.07) is 16.1. The average molecular weight is 630 g/mol. The van der Waals surface area contributed by atoms with Crippen LogP contribution in [0.5, 0.6) is 28.7 Å². The number of anilines is 2. The molecule has 1 amide bonds. The van der Waals surface area contributed by atoms with Gasteiger partial charge in [0.05, 0.1) is 25.4 Å². The van der Waals surface area contributed by atoms with Crippen molar-refractivity contribution < 1.29 is 45.3 Å². The topological polar surface area (TPSA) is 162 Å². The van der Waals surface area contributed by atoms with Crippen LogP contribution >= 0.6 is 0 Å². The molecule has 0 unspecified atom stereocenters. The fourth-order valence-electron chi connectivity index (χ4n) is 3.53. The Balaban J connectivity index is 0.000000215. The minimum absolute atomic E-state index is 0.0796. The van der Waals surface area contributed by atoms with Crippen LogP contribution in [0.3, 0.4) is 0 Å². The van der Waals surface area contributed by atoms with Crippen LogP contribution in [-0.2, 0) is 20.0 Å². The van der Waals surface area contributed by atoms with Gasteiger partial charge in [0.2, 0.25) is 6.41 Å². The smallest absolute Gasteiger partial charge is 0.446 e. The normalized spacial score (nSPS) is 12.7. The maximum absolute atomic E-state index is 12.7. The summed E-state index contributed by atoms with van der Waals surface area (Å²) in [7, 11) is 0.336. The summed E-state index contributed by atoms with van der Waals surface area (Å²) >= 11 is 0. The third kappa shape index (κ3) is 9.81. The Kier molecular flexibility index (Phi) is 11.4. The van der Waals surface area contributed by atoms with Gasteiger partial charge in [-0.15, -0.1) is 0 Å². The molecule has 4 aromatic rings. The van der Waals surface area contributed by atoms with Crippen LogP contribution in [0.1, 0.15) is 19.8 Å². The number of methoxy groups -OCH3 is 2. The molecule has 3 aromatic carbocycles. The molecule has 1 aliphatic carbocycles. The highest BCUT2D eigenvalue weighted by molar-refractivity contribution is 7.81. The molecule has 44 heavy (non-hydrogen) atoms. The number of nitrogens with one attached hydrogen (secondary N) is 2. The molecular weight excluding hydrogens is 597 g/mol. The average Bonchev–Trinajstić information content (AvgIpc) is 3.76. The molecule has 0 saturated heterocycles. The van der Waals surface area contributed by atoms with Crippen LogP contribution in [0.25, 0.3) is 10.9 Å². The molecule has 0 radical (unpaired) electrons. The molecule has 1 aliphatic rings. The number of hydrogen-bond donors (Lipinski definition) is 3. The Morgan fingerprint density at radius 1 is 0.932 bits per heavy atom. The summed E-state index contributed by atoms with van der Waals surface area (Å²) in [5, 5.41) is 6.02. The van der Waals surface area contributed by atoms with E-state index in [4.69, 9.17) is 18.8 Å². The molecule has 0 aliphatic heterocycles. The van der Waals surface area contributed by atoms with Gasteiger partial charge < -0.3 is 33.8 Å². The van der Waals surface area contributed by atoms with E-state index in [1.54, 1.807) is 20.4 Å². The van der Waals surface area contributed by atoms with Gasteiger partial charge >= 0.3 is 10.4 Å². The SMILES string of the molecule is CC1(C=O)CC1.CNc1ccc(Oc2ccnc3cc(OC)c(OC)cc23)cc1.O=CNc1ccc(F)cc1OS(=O)(=O)O. The van der Waals surface area contributed by atoms with Crippen LogP contribution in [0.2, 0.25) is 0 Å². The number of amides is 1. The zero-order chi connectivity index (χ0) is 32.3. The van der Waals surface area contributed by atoms with Gasteiger partial charge in [0.15, 0.2) is 17.2 Å². The standard InChI is InChI=1S/C18H18N2O3.C7H6FNO5S.C5H8O/c1-19-12-4-6-13(7-5-12)23-16-8-9-20-15-11-18(22-3)17(21-2)10-14(15)16;8-5-1-2-6(9-4-10)7(3-5)14-15(11,12)13;1-5(4-6)2-3-5/h4-11,19H,1-3H3;1-4H,(H,9,10)(H,11,12,13);4H,2-3H2,1H3. The number of benzene rings is 3. The fourth-order valence-corrected chi connectivity index (χ4v) is 3.89. The summed E-state index contributed by atoms with van der Waals surface area (Å²) < 4.78 is 62.5. The second-order valence-electron chi connectivity index (χ2n) is 9.60. The van der Waals surface area contributed by atoms with Gasteiger partial charge in [-0.05, 0) is 61.4 Å². The van der Waals surface area contributed by atoms with Gasteiger partial charge in [0.25, 0.3) is 0 Å². The van der Waals surface area contributed by atoms with Gasteiger partial charge in [-0.1, -0.05) is 6.92 Å². The Hall–Kier alpha value is -4.95. The van der Waals surface area contributed by atoms with Gasteiger partial charge in [-0.25, -0.2) is 4.39 Å². The predicted molar refractivity (Wildman–Crippen MR) is 163 cm³/mol. The lowest BCUT2D eigenvalue weighted by Crippen LogP contribution is -2.09. The molecule has 14 heteroatoms. The summed E-state index contributed by atoms with van der Waals surface area (Å²) in [5.74, 6) is 1.47. The number of rotatable bonds is 10. The minimum Gasteiger partial charge on any atom is -0.493 e. The molecule has 1 aromatic heterocycles. The van der Waals surface area contributed by atoms with Gasteiger partial charge in [-0.2, -0.15) is 8.42 Å². The number of ether oxygens (including phenoxy) is 3. The predicted octanol–water partition coefficient (Wildman–Crippen LogP) is 5.65. The van der Waals surface area contributed by atoms with Crippen LogP contribution in [-0.4, -0.2) is 51.9 Å². The van der Waals surface area contributed by atoms with E-state index < -0.39 is 22.0 Å². The largest absolute Gasteiger partial charge is 0.493 e. The third-order valence-corrected chi connectivity index (χ3v) is 6.64. The number of aromatic nitrogens is 1. The number of fused-ring (bicyclic) bond motifs is 1. The second kappa shape index (κ2) is 15.0. The van der Waals surface area contributed by atoms with E-state index >= 15 is 0 Å². The highest BCUT2D eigenvalue weighted by atomic mass is 32.3. The number of aldehydes is 1. The van der Waals surface area contributed by atoms with Gasteiger partial charge in [-0.3, -0.25) is 14.3 Å². The van der Waals surface area contributed by atoms with Crippen LogP contribution < -0.4 is 29.0 Å². The molecule has 12 nitrogen and oxygen atoms in total. The summed E-state index contributed by atoms with van der Waals surface area (Å²) in [6.07, 6.45) is 5.23. The number of halogens is 1. The first kappa shape index (κ1) is 33.6. The van der Waals surface area contributed by atoms with E-state index in [9.17, 15) is 22.4 Å². The Morgan fingerprint density at radius 3 is 2.11 bits per heavy atom. The minimum atomic E-state index is -4.76. The highest BCUT2D eigenvalue weighted by Gasteiger charge is 2.36. The van der Waals surface area contributed by atoms with E-state index in [2.05, 4.69) is 19.8 Å². The number of pyridine rings is 1. The van der Waals surface area contributed by atoms with Crippen molar-refractivity contribution in [1.29, 1.82) is 0 Å². The molecule has 0 bridgehead atoms. The molecule has 1 fully saturated rings. The Morgan fingerprint density at radius 2 is 1.59 bits per heavy atom. The Labute approximate surface area is 254 Å². The molecule has 0 spiro atoms. The lowest BCUT2D eigenvalue weighted by molar-refractivity contribution is -0.111. The van der Waals surface area contributed by atoms with E-state index in [1.165, 1.54) is 0 Å². The van der Waals surface area contributed by atoms with Crippen LogP contribution in [0, 0.1) is 11.2 Å². The summed E-state index contributed by atoms with van der Waals surface area (Å²) in [5.41, 5.74) is 1.85. The van der Waals surface area contributed by atoms with Crippen molar-refractivity contribution in [1.82, 2.24) is 4.98 Å². The zero-order valence-electron chi connectivity index (χ0n) is 24.4. The van der Waals surface area contributed by atoms with Crippen LogP contribution in [0.15, 0.2) is 66.9 Å². The first-order valence-corrected chi connectivity index (χ1v) is 14.4. The van der Waals surface area contributed by atoms with E-state index in [0.29, 0.717) is 23.3 Å². The molecule has 0 atom stereocenters. The first-order valence-electron chi connectivity index (χ1n) is 13.0. The van der Waals surface area contributed by atoms with E-state index in [0.717, 1.165) is 53.6 Å². The zero-order valence-corrected chi connectivity index (χ0v) is 25.2. The Bertz CT molecular complexity index is 1700. The van der Waals surface area contributed by atoms with Crippen molar-refractivity contribution in [3.63, 3.8) is 0 Å². The number of hydrogen-bond acceptors (Lipinski definition) is 10.